The molecule has 0 spiro atoms. The van der Waals surface area contributed by atoms with Crippen molar-refractivity contribution in [1.82, 2.24) is 9.88 Å². The quantitative estimate of drug-likeness (QED) is 0.918. The van der Waals surface area contributed by atoms with Gasteiger partial charge in [-0.2, -0.15) is 0 Å². The van der Waals surface area contributed by atoms with Gasteiger partial charge in [0.05, 0.1) is 6.61 Å². The summed E-state index contributed by atoms with van der Waals surface area (Å²) in [6.07, 6.45) is 2.88. The van der Waals surface area contributed by atoms with E-state index in [1.165, 1.54) is 11.8 Å². The molecule has 0 aliphatic carbocycles. The van der Waals surface area contributed by atoms with Gasteiger partial charge in [0.2, 0.25) is 0 Å². The van der Waals surface area contributed by atoms with Crippen molar-refractivity contribution in [2.75, 3.05) is 6.61 Å². The van der Waals surface area contributed by atoms with Crippen LogP contribution in [-0.4, -0.2) is 11.2 Å². The lowest BCUT2D eigenvalue weighted by Crippen LogP contribution is -2.27. The predicted octanol–water partition coefficient (Wildman–Crippen LogP) is 2.78. The third-order valence-corrected chi connectivity index (χ3v) is 3.59. The summed E-state index contributed by atoms with van der Waals surface area (Å²) in [4.78, 5) is 0. The lowest BCUT2D eigenvalue weighted by atomic mass is 10.0. The van der Waals surface area contributed by atoms with Crippen LogP contribution in [0.2, 0.25) is 0 Å². The van der Waals surface area contributed by atoms with Gasteiger partial charge in [-0.25, -0.2) is 4.39 Å². The van der Waals surface area contributed by atoms with Crippen LogP contribution in [0.1, 0.15) is 23.7 Å². The van der Waals surface area contributed by atoms with Gasteiger partial charge in [0.15, 0.2) is 0 Å². The van der Waals surface area contributed by atoms with Crippen molar-refractivity contribution in [3.63, 3.8) is 0 Å². The number of aromatic nitrogens is 1. The van der Waals surface area contributed by atoms with Crippen LogP contribution in [0.15, 0.2) is 36.5 Å². The van der Waals surface area contributed by atoms with Crippen LogP contribution >= 0.6 is 0 Å². The van der Waals surface area contributed by atoms with E-state index in [0.717, 1.165) is 24.3 Å². The Bertz CT molecular complexity index is 579. The molecule has 0 amide bonds. The van der Waals surface area contributed by atoms with E-state index in [1.807, 2.05) is 19.3 Å². The highest BCUT2D eigenvalue weighted by Crippen LogP contribution is 2.32. The number of benzene rings is 1. The van der Waals surface area contributed by atoms with E-state index in [9.17, 15) is 4.39 Å². The minimum absolute atomic E-state index is 0.148. The Morgan fingerprint density at radius 1 is 1.42 bits per heavy atom. The Balaban J connectivity index is 1.76. The fraction of sp³-hybridized carbons (Fsp3) is 0.333. The molecule has 19 heavy (non-hydrogen) atoms. The molecule has 1 aliphatic rings. The Labute approximate surface area is 112 Å². The lowest BCUT2D eigenvalue weighted by molar-refractivity contribution is 0.251. The number of aryl methyl sites for hydroxylation is 1. The van der Waals surface area contributed by atoms with Gasteiger partial charge in [0, 0.05) is 43.5 Å². The molecule has 0 saturated heterocycles. The second kappa shape index (κ2) is 5.05. The van der Waals surface area contributed by atoms with Crippen LogP contribution in [-0.2, 0) is 13.6 Å². The molecule has 0 radical (unpaired) electrons. The Morgan fingerprint density at radius 2 is 2.32 bits per heavy atom. The number of nitrogens with one attached hydrogen (secondary N) is 1. The maximum absolute atomic E-state index is 13.4. The van der Waals surface area contributed by atoms with Crippen molar-refractivity contribution in [2.45, 2.75) is 19.0 Å². The first kappa shape index (κ1) is 12.2. The SMILES string of the molecule is Cn1cccc1CN[C@H]1CCOc2ccc(F)cc21. The molecule has 2 heterocycles. The van der Waals surface area contributed by atoms with Crippen molar-refractivity contribution in [1.29, 1.82) is 0 Å². The monoisotopic (exact) mass is 260 g/mol. The Hall–Kier alpha value is -1.81. The highest BCUT2D eigenvalue weighted by atomic mass is 19.1. The van der Waals surface area contributed by atoms with Gasteiger partial charge < -0.3 is 14.6 Å². The summed E-state index contributed by atoms with van der Waals surface area (Å²) in [5.41, 5.74) is 2.13. The van der Waals surface area contributed by atoms with Gasteiger partial charge in [-0.3, -0.25) is 0 Å². The van der Waals surface area contributed by atoms with E-state index in [1.54, 1.807) is 12.1 Å². The van der Waals surface area contributed by atoms with Crippen molar-refractivity contribution >= 4 is 0 Å². The molecule has 2 aromatic rings. The number of rotatable bonds is 3. The molecule has 0 unspecified atom stereocenters. The van der Waals surface area contributed by atoms with Crippen molar-refractivity contribution in [3.05, 3.63) is 53.6 Å². The molecule has 3 rings (SSSR count). The fourth-order valence-electron chi connectivity index (χ4n) is 2.49. The van der Waals surface area contributed by atoms with E-state index < -0.39 is 0 Å². The molecule has 3 nitrogen and oxygen atoms in total. The average Bonchev–Trinajstić information content (AvgIpc) is 2.82. The van der Waals surface area contributed by atoms with Crippen LogP contribution < -0.4 is 10.1 Å². The second-order valence-corrected chi connectivity index (χ2v) is 4.86. The smallest absolute Gasteiger partial charge is 0.124 e. The molecular formula is C15H17FN2O. The number of fused-ring (bicyclic) bond motifs is 1. The minimum atomic E-state index is -0.213. The molecule has 0 bridgehead atoms. The maximum atomic E-state index is 13.4. The topological polar surface area (TPSA) is 26.2 Å². The van der Waals surface area contributed by atoms with E-state index in [2.05, 4.69) is 16.0 Å². The Morgan fingerprint density at radius 3 is 3.11 bits per heavy atom. The third kappa shape index (κ3) is 2.49. The average molecular weight is 260 g/mol. The van der Waals surface area contributed by atoms with E-state index in [4.69, 9.17) is 4.74 Å². The molecule has 1 N–H and O–H groups in total. The van der Waals surface area contributed by atoms with Crippen molar-refractivity contribution in [3.8, 4) is 5.75 Å². The largest absolute Gasteiger partial charge is 0.493 e. The molecule has 0 saturated carbocycles. The third-order valence-electron chi connectivity index (χ3n) is 3.59. The lowest BCUT2D eigenvalue weighted by Gasteiger charge is -2.27. The highest BCUT2D eigenvalue weighted by Gasteiger charge is 2.21. The predicted molar refractivity (Wildman–Crippen MR) is 71.5 cm³/mol. The molecule has 1 aliphatic heterocycles. The summed E-state index contributed by atoms with van der Waals surface area (Å²) in [6, 6.07) is 8.97. The number of hydrogen-bond acceptors (Lipinski definition) is 2. The minimum Gasteiger partial charge on any atom is -0.493 e. The molecule has 0 fully saturated rings. The Kier molecular flexibility index (Phi) is 3.25. The van der Waals surface area contributed by atoms with E-state index in [-0.39, 0.29) is 11.9 Å². The van der Waals surface area contributed by atoms with Crippen molar-refractivity contribution < 1.29 is 9.13 Å². The zero-order valence-electron chi connectivity index (χ0n) is 10.9. The molecular weight excluding hydrogens is 243 g/mol. The second-order valence-electron chi connectivity index (χ2n) is 4.86. The number of hydrogen-bond donors (Lipinski definition) is 1. The summed E-state index contributed by atoms with van der Waals surface area (Å²) in [6.45, 7) is 1.44. The normalized spacial score (nSPS) is 17.9. The molecule has 1 aromatic heterocycles. The van der Waals surface area contributed by atoms with Crippen molar-refractivity contribution in [2.24, 2.45) is 7.05 Å². The van der Waals surface area contributed by atoms with Gasteiger partial charge in [0.25, 0.3) is 0 Å². The maximum Gasteiger partial charge on any atom is 0.124 e. The molecule has 4 heteroatoms. The van der Waals surface area contributed by atoms with Gasteiger partial charge in [0.1, 0.15) is 11.6 Å². The summed E-state index contributed by atoms with van der Waals surface area (Å²) in [5.74, 6) is 0.576. The molecule has 1 aromatic carbocycles. The number of ether oxygens (including phenoxy) is 1. The molecule has 100 valence electrons. The summed E-state index contributed by atoms with van der Waals surface area (Å²) < 4.78 is 21.0. The number of halogens is 1. The van der Waals surface area contributed by atoms with E-state index >= 15 is 0 Å². The summed E-state index contributed by atoms with van der Waals surface area (Å²) in [7, 11) is 2.02. The zero-order valence-corrected chi connectivity index (χ0v) is 10.9. The highest BCUT2D eigenvalue weighted by molar-refractivity contribution is 5.38. The van der Waals surface area contributed by atoms with Gasteiger partial charge in [-0.05, 0) is 30.3 Å². The first-order valence-electron chi connectivity index (χ1n) is 6.50. The van der Waals surface area contributed by atoms with Gasteiger partial charge >= 0.3 is 0 Å². The van der Waals surface area contributed by atoms with E-state index in [0.29, 0.717) is 6.61 Å². The fourth-order valence-corrected chi connectivity index (χ4v) is 2.49. The van der Waals surface area contributed by atoms with Crippen LogP contribution in [0.5, 0.6) is 5.75 Å². The van der Waals surface area contributed by atoms with Crippen LogP contribution in [0.25, 0.3) is 0 Å². The summed E-state index contributed by atoms with van der Waals surface area (Å²) >= 11 is 0. The molecule has 1 atom stereocenters. The first-order chi connectivity index (χ1) is 9.24. The summed E-state index contributed by atoms with van der Waals surface area (Å²) in [5, 5.41) is 3.48. The van der Waals surface area contributed by atoms with Crippen LogP contribution in [0.4, 0.5) is 4.39 Å². The first-order valence-corrected chi connectivity index (χ1v) is 6.50. The van der Waals surface area contributed by atoms with Gasteiger partial charge in [-0.15, -0.1) is 0 Å². The number of nitrogens with zero attached hydrogens (tertiary/aromatic N) is 1. The van der Waals surface area contributed by atoms with Gasteiger partial charge in [-0.1, -0.05) is 0 Å². The van der Waals surface area contributed by atoms with Crippen LogP contribution in [0, 0.1) is 5.82 Å². The zero-order chi connectivity index (χ0) is 13.2. The van der Waals surface area contributed by atoms with Crippen LogP contribution in [0.3, 0.4) is 0 Å². The standard InChI is InChI=1S/C15H17FN2O/c1-18-7-2-3-12(18)10-17-14-6-8-19-15-5-4-11(16)9-13(14)15/h2-5,7,9,14,17H,6,8,10H2,1H3/t14-/m0/s1.